The van der Waals surface area contributed by atoms with Crippen LogP contribution in [0.4, 0.5) is 4.39 Å². The average Bonchev–Trinajstić information content (AvgIpc) is 2.65. The molecule has 1 atom stereocenters. The van der Waals surface area contributed by atoms with Gasteiger partial charge in [-0.15, -0.1) is 0 Å². The second kappa shape index (κ2) is 9.16. The summed E-state index contributed by atoms with van der Waals surface area (Å²) < 4.78 is 18.8. The van der Waals surface area contributed by atoms with E-state index < -0.39 is 6.04 Å². The molecule has 5 nitrogen and oxygen atoms in total. The normalized spacial score (nSPS) is 11.6. The number of hydrogen-bond acceptors (Lipinski definition) is 3. The minimum absolute atomic E-state index is 0.184. The van der Waals surface area contributed by atoms with Crippen LogP contribution in [0.5, 0.6) is 5.75 Å². The highest BCUT2D eigenvalue weighted by Gasteiger charge is 2.26. The maximum atomic E-state index is 13.1. The van der Waals surface area contributed by atoms with Crippen molar-refractivity contribution in [1.29, 1.82) is 0 Å². The molecule has 0 spiro atoms. The van der Waals surface area contributed by atoms with Gasteiger partial charge >= 0.3 is 0 Å². The molecule has 2 rings (SSSR count). The van der Waals surface area contributed by atoms with E-state index in [1.165, 1.54) is 24.1 Å². The van der Waals surface area contributed by atoms with Crippen molar-refractivity contribution >= 4 is 11.8 Å². The van der Waals surface area contributed by atoms with E-state index in [1.807, 2.05) is 32.0 Å². The summed E-state index contributed by atoms with van der Waals surface area (Å²) in [6, 6.07) is 10.9. The first-order chi connectivity index (χ1) is 12.8. The molecule has 1 N–H and O–H groups in total. The monoisotopic (exact) mass is 372 g/mol. The number of nitrogens with zero attached hydrogens (tertiary/aromatic N) is 1. The second-order valence-electron chi connectivity index (χ2n) is 6.50. The van der Waals surface area contributed by atoms with Crippen molar-refractivity contribution in [2.45, 2.75) is 33.4 Å². The third kappa shape index (κ3) is 5.54. The first-order valence-electron chi connectivity index (χ1n) is 8.77. The number of benzene rings is 2. The van der Waals surface area contributed by atoms with Crippen molar-refractivity contribution < 1.29 is 18.7 Å². The van der Waals surface area contributed by atoms with Gasteiger partial charge in [0.2, 0.25) is 5.91 Å². The van der Waals surface area contributed by atoms with Crippen LogP contribution in [0.15, 0.2) is 42.5 Å². The zero-order chi connectivity index (χ0) is 20.0. The topological polar surface area (TPSA) is 58.6 Å². The van der Waals surface area contributed by atoms with Gasteiger partial charge in [0.25, 0.3) is 5.91 Å². The van der Waals surface area contributed by atoms with Gasteiger partial charge in [-0.05, 0) is 50.1 Å². The van der Waals surface area contributed by atoms with Crippen molar-refractivity contribution in [3.63, 3.8) is 0 Å². The molecule has 0 saturated heterocycles. The van der Waals surface area contributed by atoms with Crippen LogP contribution in [0.3, 0.4) is 0 Å². The quantitative estimate of drug-likeness (QED) is 0.813. The Morgan fingerprint density at radius 3 is 2.41 bits per heavy atom. The van der Waals surface area contributed by atoms with Crippen molar-refractivity contribution in [2.75, 3.05) is 13.7 Å². The van der Waals surface area contributed by atoms with Gasteiger partial charge in [-0.2, -0.15) is 0 Å². The molecular formula is C21H25FN2O3. The molecule has 0 bridgehead atoms. The predicted molar refractivity (Wildman–Crippen MR) is 102 cm³/mol. The summed E-state index contributed by atoms with van der Waals surface area (Å²) in [5, 5.41) is 2.55. The van der Waals surface area contributed by atoms with Crippen LogP contribution < -0.4 is 10.1 Å². The highest BCUT2D eigenvalue weighted by atomic mass is 19.1. The summed E-state index contributed by atoms with van der Waals surface area (Å²) in [4.78, 5) is 26.3. The van der Waals surface area contributed by atoms with Gasteiger partial charge in [-0.1, -0.05) is 29.8 Å². The molecule has 0 aromatic heterocycles. The number of rotatable bonds is 7. The van der Waals surface area contributed by atoms with E-state index >= 15 is 0 Å². The lowest BCUT2D eigenvalue weighted by molar-refractivity contribution is -0.142. The van der Waals surface area contributed by atoms with Crippen LogP contribution in [0, 0.1) is 19.7 Å². The highest BCUT2D eigenvalue weighted by Crippen LogP contribution is 2.19. The molecule has 0 aliphatic heterocycles. The lowest BCUT2D eigenvalue weighted by atomic mass is 10.1. The molecule has 0 aliphatic rings. The van der Waals surface area contributed by atoms with Crippen LogP contribution in [-0.4, -0.2) is 36.4 Å². The van der Waals surface area contributed by atoms with Crippen molar-refractivity contribution in [2.24, 2.45) is 0 Å². The minimum Gasteiger partial charge on any atom is -0.483 e. The Bertz CT molecular complexity index is 806. The van der Waals surface area contributed by atoms with Gasteiger partial charge in [0.15, 0.2) is 6.61 Å². The molecule has 144 valence electrons. The van der Waals surface area contributed by atoms with Crippen molar-refractivity contribution in [3.05, 3.63) is 65.0 Å². The SMILES string of the molecule is CNC(=O)[C@@H](C)N(Cc1ccc(F)cc1)C(=O)COc1ccc(C)cc1C. The summed E-state index contributed by atoms with van der Waals surface area (Å²) in [5.74, 6) is -0.329. The summed E-state index contributed by atoms with van der Waals surface area (Å²) in [6.07, 6.45) is 0. The Kier molecular flexibility index (Phi) is 6.93. The fourth-order valence-corrected chi connectivity index (χ4v) is 2.76. The van der Waals surface area contributed by atoms with Crippen molar-refractivity contribution in [1.82, 2.24) is 10.2 Å². The molecule has 2 aromatic rings. The average molecular weight is 372 g/mol. The Labute approximate surface area is 159 Å². The minimum atomic E-state index is -0.685. The lowest BCUT2D eigenvalue weighted by Gasteiger charge is -2.28. The first-order valence-corrected chi connectivity index (χ1v) is 8.77. The second-order valence-corrected chi connectivity index (χ2v) is 6.50. The fraction of sp³-hybridized carbons (Fsp3) is 0.333. The molecule has 0 saturated carbocycles. The Morgan fingerprint density at radius 2 is 1.81 bits per heavy atom. The number of halogens is 1. The lowest BCUT2D eigenvalue weighted by Crippen LogP contribution is -2.48. The number of carbonyl (C=O) groups is 2. The zero-order valence-corrected chi connectivity index (χ0v) is 16.1. The molecule has 0 radical (unpaired) electrons. The maximum absolute atomic E-state index is 13.1. The zero-order valence-electron chi connectivity index (χ0n) is 16.1. The van der Waals surface area contributed by atoms with Crippen LogP contribution in [0.1, 0.15) is 23.6 Å². The smallest absolute Gasteiger partial charge is 0.261 e. The largest absolute Gasteiger partial charge is 0.483 e. The van der Waals surface area contributed by atoms with Gasteiger partial charge in [-0.3, -0.25) is 9.59 Å². The number of nitrogens with one attached hydrogen (secondary N) is 1. The Morgan fingerprint density at radius 1 is 1.15 bits per heavy atom. The molecule has 0 unspecified atom stereocenters. The molecule has 6 heteroatoms. The van der Waals surface area contributed by atoms with E-state index in [0.29, 0.717) is 5.75 Å². The summed E-state index contributed by atoms with van der Waals surface area (Å²) in [6.45, 7) is 5.54. The summed E-state index contributed by atoms with van der Waals surface area (Å²) in [7, 11) is 1.52. The third-order valence-corrected chi connectivity index (χ3v) is 4.36. The van der Waals surface area contributed by atoms with Gasteiger partial charge in [0.05, 0.1) is 0 Å². The number of carbonyl (C=O) groups excluding carboxylic acids is 2. The standard InChI is InChI=1S/C21H25FN2O3/c1-14-5-10-19(15(2)11-14)27-13-20(25)24(16(3)21(26)23-4)12-17-6-8-18(22)9-7-17/h5-11,16H,12-13H2,1-4H3,(H,23,26)/t16-/m1/s1. The Hall–Kier alpha value is -2.89. The number of aryl methyl sites for hydroxylation is 2. The molecule has 27 heavy (non-hydrogen) atoms. The van der Waals surface area contributed by atoms with E-state index in [0.717, 1.165) is 16.7 Å². The number of likely N-dealkylation sites (N-methyl/N-ethyl adjacent to an activating group) is 1. The number of ether oxygens (including phenoxy) is 1. The molecular weight excluding hydrogens is 347 g/mol. The molecule has 2 aromatic carbocycles. The van der Waals surface area contributed by atoms with Gasteiger partial charge in [-0.25, -0.2) is 4.39 Å². The van der Waals surface area contributed by atoms with E-state index in [9.17, 15) is 14.0 Å². The molecule has 0 heterocycles. The van der Waals surface area contributed by atoms with Gasteiger partial charge in [0, 0.05) is 13.6 Å². The van der Waals surface area contributed by atoms with Crippen LogP contribution in [0.2, 0.25) is 0 Å². The summed E-state index contributed by atoms with van der Waals surface area (Å²) in [5.41, 5.74) is 2.77. The summed E-state index contributed by atoms with van der Waals surface area (Å²) >= 11 is 0. The first kappa shape index (κ1) is 20.4. The predicted octanol–water partition coefficient (Wildman–Crippen LogP) is 2.98. The van der Waals surface area contributed by atoms with E-state index in [-0.39, 0.29) is 30.8 Å². The Balaban J connectivity index is 2.14. The fourth-order valence-electron chi connectivity index (χ4n) is 2.76. The van der Waals surface area contributed by atoms with Crippen LogP contribution in [-0.2, 0) is 16.1 Å². The number of amides is 2. The van der Waals surface area contributed by atoms with E-state index in [1.54, 1.807) is 19.1 Å². The van der Waals surface area contributed by atoms with Crippen molar-refractivity contribution in [3.8, 4) is 5.75 Å². The molecule has 0 aliphatic carbocycles. The van der Waals surface area contributed by atoms with Gasteiger partial charge < -0.3 is 15.0 Å². The number of hydrogen-bond donors (Lipinski definition) is 1. The molecule has 0 fully saturated rings. The van der Waals surface area contributed by atoms with Gasteiger partial charge in [0.1, 0.15) is 17.6 Å². The van der Waals surface area contributed by atoms with Crippen LogP contribution >= 0.6 is 0 Å². The van der Waals surface area contributed by atoms with E-state index in [4.69, 9.17) is 4.74 Å². The molecule has 2 amide bonds. The van der Waals surface area contributed by atoms with Crippen LogP contribution in [0.25, 0.3) is 0 Å². The maximum Gasteiger partial charge on any atom is 0.261 e. The third-order valence-electron chi connectivity index (χ3n) is 4.36. The highest BCUT2D eigenvalue weighted by molar-refractivity contribution is 5.87. The van der Waals surface area contributed by atoms with E-state index in [2.05, 4.69) is 5.32 Å².